The van der Waals surface area contributed by atoms with Gasteiger partial charge in [-0.25, -0.2) is 0 Å². The van der Waals surface area contributed by atoms with Crippen LogP contribution in [0.15, 0.2) is 72.8 Å². The largest absolute Gasteiger partial charge is 0.305 e. The molecule has 3 aromatic rings. The second kappa shape index (κ2) is 6.18. The van der Waals surface area contributed by atoms with E-state index in [2.05, 4.69) is 93.6 Å². The van der Waals surface area contributed by atoms with Crippen molar-refractivity contribution in [3.63, 3.8) is 0 Å². The molecule has 116 valence electrons. The molecule has 2 heteroatoms. The third-order valence-electron chi connectivity index (χ3n) is 4.26. The van der Waals surface area contributed by atoms with E-state index in [1.165, 1.54) is 16.7 Å². The van der Waals surface area contributed by atoms with Gasteiger partial charge in [0.1, 0.15) is 0 Å². The van der Waals surface area contributed by atoms with Gasteiger partial charge in [-0.3, -0.25) is 0 Å². The van der Waals surface area contributed by atoms with E-state index in [4.69, 9.17) is 0 Å². The van der Waals surface area contributed by atoms with Crippen molar-refractivity contribution in [3.8, 4) is 0 Å². The highest BCUT2D eigenvalue weighted by atomic mass is 31.2. The Morgan fingerprint density at radius 1 is 0.478 bits per heavy atom. The lowest BCUT2D eigenvalue weighted by atomic mass is 10.2. The third-order valence-corrected chi connectivity index (χ3v) is 7.48. The molecule has 0 radical (unpaired) electrons. The molecule has 0 saturated carbocycles. The zero-order valence-corrected chi connectivity index (χ0v) is 14.8. The van der Waals surface area contributed by atoms with Gasteiger partial charge in [0.15, 0.2) is 0 Å². The zero-order valence-electron chi connectivity index (χ0n) is 13.9. The van der Waals surface area contributed by atoms with Crippen LogP contribution in [0.2, 0.25) is 0 Å². The maximum atomic E-state index is 9.47. The summed E-state index contributed by atoms with van der Waals surface area (Å²) in [5, 5.41) is 12.8. The quantitative estimate of drug-likeness (QED) is 0.679. The Hall–Kier alpha value is -2.11. The molecule has 0 fully saturated rings. The van der Waals surface area contributed by atoms with Gasteiger partial charge < -0.3 is 5.16 Å². The van der Waals surface area contributed by atoms with Gasteiger partial charge in [0.2, 0.25) is 0 Å². The van der Waals surface area contributed by atoms with Crippen LogP contribution in [0.25, 0.3) is 0 Å². The molecule has 0 aliphatic rings. The summed E-state index contributed by atoms with van der Waals surface area (Å²) in [6, 6.07) is 25.4. The minimum absolute atomic E-state index is 1.11. The number of hydrogen-bond donors (Lipinski definition) is 1. The van der Waals surface area contributed by atoms with Gasteiger partial charge in [0.25, 0.3) is 0 Å². The first-order valence-corrected chi connectivity index (χ1v) is 9.65. The van der Waals surface area contributed by atoms with Crippen LogP contribution >= 0.6 is 7.05 Å². The van der Waals surface area contributed by atoms with Gasteiger partial charge in [0, 0.05) is 0 Å². The smallest absolute Gasteiger partial charge is 0.0512 e. The Balaban J connectivity index is 2.24. The molecule has 0 bridgehead atoms. The molecule has 0 saturated heterocycles. The first kappa shape index (κ1) is 15.8. The molecule has 0 unspecified atom stereocenters. The van der Waals surface area contributed by atoms with E-state index in [0.29, 0.717) is 0 Å². The van der Waals surface area contributed by atoms with E-state index in [1.807, 2.05) is 0 Å². The molecular weight excluding hydrogens is 297 g/mol. The summed E-state index contributed by atoms with van der Waals surface area (Å²) in [4.78, 5) is 0. The molecule has 3 aromatic carbocycles. The first-order chi connectivity index (χ1) is 11.0. The monoisotopic (exact) mass is 319 g/mol. The molecule has 1 nitrogen and oxygen atoms in total. The lowest BCUT2D eigenvalue weighted by molar-refractivity contribution is 1.47. The zero-order chi connectivity index (χ0) is 16.4. The molecule has 0 aliphatic heterocycles. The lowest BCUT2D eigenvalue weighted by Gasteiger charge is -2.24. The highest BCUT2D eigenvalue weighted by Crippen LogP contribution is 2.43. The maximum absolute atomic E-state index is 9.47. The van der Waals surface area contributed by atoms with Crippen LogP contribution in [0.5, 0.6) is 0 Å². The Labute approximate surface area is 138 Å². The highest BCUT2D eigenvalue weighted by molar-refractivity contribution is 7.86. The van der Waals surface area contributed by atoms with Crippen LogP contribution in [0.3, 0.4) is 0 Å². The summed E-state index contributed by atoms with van der Waals surface area (Å²) in [5.74, 6) is 0. The summed E-state index contributed by atoms with van der Waals surface area (Å²) < 4.78 is 0. The molecule has 0 amide bonds. The Morgan fingerprint density at radius 2 is 0.696 bits per heavy atom. The highest BCUT2D eigenvalue weighted by Gasteiger charge is 2.24. The van der Waals surface area contributed by atoms with E-state index in [1.54, 1.807) is 0 Å². The lowest BCUT2D eigenvalue weighted by Crippen LogP contribution is -2.24. The van der Waals surface area contributed by atoms with Crippen molar-refractivity contribution >= 4 is 23.0 Å². The maximum Gasteiger partial charge on any atom is 0.0512 e. The normalized spacial score (nSPS) is 11.4. The standard InChI is InChI=1S/C21H22NP/c1-16-4-10-19(11-5-16)23(22,20-12-6-17(2)7-13-20)21-14-8-18(3)9-15-21/h4-15,22H,1-3H3. The number of hydrogen-bond acceptors (Lipinski definition) is 1. The average molecular weight is 319 g/mol. The Morgan fingerprint density at radius 3 is 0.913 bits per heavy atom. The van der Waals surface area contributed by atoms with Gasteiger partial charge in [-0.15, -0.1) is 0 Å². The van der Waals surface area contributed by atoms with Gasteiger partial charge in [-0.2, -0.15) is 0 Å². The number of rotatable bonds is 3. The van der Waals surface area contributed by atoms with Crippen molar-refractivity contribution in [2.24, 2.45) is 0 Å². The van der Waals surface area contributed by atoms with Crippen molar-refractivity contribution in [2.45, 2.75) is 20.8 Å². The van der Waals surface area contributed by atoms with E-state index in [0.717, 1.165) is 15.9 Å². The summed E-state index contributed by atoms with van der Waals surface area (Å²) >= 11 is 0. The predicted octanol–water partition coefficient (Wildman–Crippen LogP) is 4.67. The SMILES string of the molecule is Cc1ccc(P(=N)(c2ccc(C)cc2)c2ccc(C)cc2)cc1. The van der Waals surface area contributed by atoms with Crippen molar-refractivity contribution in [1.29, 1.82) is 5.16 Å². The van der Waals surface area contributed by atoms with Gasteiger partial charge in [-0.1, -0.05) is 89.5 Å². The minimum atomic E-state index is -2.34. The van der Waals surface area contributed by atoms with Crippen molar-refractivity contribution in [2.75, 3.05) is 0 Å². The second-order valence-electron chi connectivity index (χ2n) is 6.18. The molecule has 1 N–H and O–H groups in total. The Kier molecular flexibility index (Phi) is 4.24. The van der Waals surface area contributed by atoms with Gasteiger partial charge >= 0.3 is 0 Å². The number of benzene rings is 3. The fraction of sp³-hybridized carbons (Fsp3) is 0.143. The third kappa shape index (κ3) is 3.02. The van der Waals surface area contributed by atoms with Crippen LogP contribution in [0, 0.1) is 25.9 Å². The van der Waals surface area contributed by atoms with Crippen LogP contribution in [0.1, 0.15) is 16.7 Å². The molecule has 0 aromatic heterocycles. The molecule has 23 heavy (non-hydrogen) atoms. The number of aryl methyl sites for hydroxylation is 3. The van der Waals surface area contributed by atoms with Gasteiger partial charge in [0.05, 0.1) is 7.05 Å². The molecule has 0 aliphatic carbocycles. The number of nitrogens with one attached hydrogen (secondary N) is 1. The van der Waals surface area contributed by atoms with Crippen LogP contribution in [-0.2, 0) is 0 Å². The van der Waals surface area contributed by atoms with Gasteiger partial charge in [-0.05, 0) is 36.7 Å². The van der Waals surface area contributed by atoms with Crippen molar-refractivity contribution in [1.82, 2.24) is 0 Å². The van der Waals surface area contributed by atoms with E-state index in [-0.39, 0.29) is 0 Å². The van der Waals surface area contributed by atoms with E-state index in [9.17, 15) is 5.16 Å². The second-order valence-corrected chi connectivity index (χ2v) is 9.07. The summed E-state index contributed by atoms with van der Waals surface area (Å²) in [6.45, 7) is 6.27. The summed E-state index contributed by atoms with van der Waals surface area (Å²) in [7, 11) is -2.34. The summed E-state index contributed by atoms with van der Waals surface area (Å²) in [6.07, 6.45) is 0. The first-order valence-electron chi connectivity index (χ1n) is 7.86. The molecule has 0 heterocycles. The summed E-state index contributed by atoms with van der Waals surface area (Å²) in [5.41, 5.74) is 3.69. The predicted molar refractivity (Wildman–Crippen MR) is 102 cm³/mol. The molecular formula is C21H22NP. The van der Waals surface area contributed by atoms with Crippen LogP contribution in [0.4, 0.5) is 0 Å². The average Bonchev–Trinajstić information content (AvgIpc) is 2.56. The fourth-order valence-electron chi connectivity index (χ4n) is 2.75. The van der Waals surface area contributed by atoms with E-state index >= 15 is 0 Å². The molecule has 3 rings (SSSR count). The fourth-order valence-corrected chi connectivity index (χ4v) is 5.44. The molecule has 0 atom stereocenters. The topological polar surface area (TPSA) is 23.9 Å². The van der Waals surface area contributed by atoms with Crippen LogP contribution < -0.4 is 15.9 Å². The van der Waals surface area contributed by atoms with E-state index < -0.39 is 7.05 Å². The van der Waals surface area contributed by atoms with Crippen LogP contribution in [-0.4, -0.2) is 0 Å². The van der Waals surface area contributed by atoms with Crippen molar-refractivity contribution in [3.05, 3.63) is 89.5 Å². The minimum Gasteiger partial charge on any atom is -0.305 e. The van der Waals surface area contributed by atoms with Crippen molar-refractivity contribution < 1.29 is 0 Å². The molecule has 0 spiro atoms. The Bertz CT molecular complexity index is 726.